The fourth-order valence-corrected chi connectivity index (χ4v) is 7.52. The zero-order valence-corrected chi connectivity index (χ0v) is 21.7. The Morgan fingerprint density at radius 1 is 0.389 bits per heavy atom. The zero-order chi connectivity index (χ0) is 23.9. The zero-order valence-electron chi connectivity index (χ0n) is 20.0. The fourth-order valence-electron chi connectivity index (χ4n) is 5.36. The Morgan fingerprint density at radius 2 is 0.833 bits per heavy atom. The topological polar surface area (TPSA) is 0 Å². The third kappa shape index (κ3) is 4.11. The van der Waals surface area contributed by atoms with Gasteiger partial charge < -0.3 is 0 Å². The molecule has 2 aromatic heterocycles. The van der Waals surface area contributed by atoms with Gasteiger partial charge in [0.25, 0.3) is 0 Å². The van der Waals surface area contributed by atoms with Gasteiger partial charge in [-0.1, -0.05) is 72.8 Å². The largest absolute Gasteiger partial charge is 0.140 e. The molecule has 2 heterocycles. The predicted octanol–water partition coefficient (Wildman–Crippen LogP) is 9.99. The first-order valence-electron chi connectivity index (χ1n) is 12.7. The van der Waals surface area contributed by atoms with Crippen molar-refractivity contribution in [3.8, 4) is 0 Å². The SMILES string of the molecule is c1ccc(CCc2cc3c(ccc4cc5c(ccc6sc(CCc7ccccc7)cc65)cc43)s2)cc1. The van der Waals surface area contributed by atoms with Crippen molar-refractivity contribution in [1.82, 2.24) is 0 Å². The van der Waals surface area contributed by atoms with Crippen molar-refractivity contribution in [2.75, 3.05) is 0 Å². The molecule has 0 aliphatic rings. The minimum atomic E-state index is 1.09. The van der Waals surface area contributed by atoms with Crippen molar-refractivity contribution in [2.24, 2.45) is 0 Å². The van der Waals surface area contributed by atoms with E-state index in [1.807, 2.05) is 22.7 Å². The molecule has 0 aliphatic heterocycles. The van der Waals surface area contributed by atoms with Crippen LogP contribution in [-0.2, 0) is 25.7 Å². The number of rotatable bonds is 6. The summed E-state index contributed by atoms with van der Waals surface area (Å²) in [5.41, 5.74) is 2.82. The Morgan fingerprint density at radius 3 is 1.28 bits per heavy atom. The molecule has 0 aliphatic carbocycles. The number of aryl methyl sites for hydroxylation is 4. The minimum absolute atomic E-state index is 1.09. The maximum absolute atomic E-state index is 2.43. The lowest BCUT2D eigenvalue weighted by atomic mass is 9.99. The molecule has 0 unspecified atom stereocenters. The molecule has 7 aromatic rings. The van der Waals surface area contributed by atoms with Gasteiger partial charge in [0.05, 0.1) is 0 Å². The molecule has 36 heavy (non-hydrogen) atoms. The Hall–Kier alpha value is -3.46. The fraction of sp³-hybridized carbons (Fsp3) is 0.118. The van der Waals surface area contributed by atoms with Gasteiger partial charge in [-0.15, -0.1) is 22.7 Å². The summed E-state index contributed by atoms with van der Waals surface area (Å²) in [5, 5.41) is 8.23. The third-order valence-electron chi connectivity index (χ3n) is 7.26. The lowest BCUT2D eigenvalue weighted by molar-refractivity contribution is 0.982. The maximum Gasteiger partial charge on any atom is 0.0352 e. The summed E-state index contributed by atoms with van der Waals surface area (Å²) in [6, 6.07) is 40.6. The number of hydrogen-bond donors (Lipinski definition) is 0. The summed E-state index contributed by atoms with van der Waals surface area (Å²) >= 11 is 3.90. The van der Waals surface area contributed by atoms with Crippen molar-refractivity contribution in [3.05, 3.63) is 130 Å². The van der Waals surface area contributed by atoms with E-state index in [0.29, 0.717) is 0 Å². The highest BCUT2D eigenvalue weighted by Gasteiger charge is 2.11. The highest BCUT2D eigenvalue weighted by atomic mass is 32.1. The third-order valence-corrected chi connectivity index (χ3v) is 9.58. The number of fused-ring (bicyclic) bond motifs is 6. The van der Waals surface area contributed by atoms with E-state index in [9.17, 15) is 0 Å². The molecule has 0 saturated carbocycles. The van der Waals surface area contributed by atoms with Crippen molar-refractivity contribution in [3.63, 3.8) is 0 Å². The molecule has 174 valence electrons. The molecule has 0 spiro atoms. The Kier molecular flexibility index (Phi) is 5.57. The molecule has 0 saturated heterocycles. The molecule has 0 radical (unpaired) electrons. The molecule has 0 fully saturated rings. The van der Waals surface area contributed by atoms with Crippen molar-refractivity contribution < 1.29 is 0 Å². The van der Waals surface area contributed by atoms with E-state index in [2.05, 4.69) is 109 Å². The van der Waals surface area contributed by atoms with Gasteiger partial charge in [-0.25, -0.2) is 0 Å². The van der Waals surface area contributed by atoms with E-state index < -0.39 is 0 Å². The predicted molar refractivity (Wildman–Crippen MR) is 160 cm³/mol. The molecule has 0 amide bonds. The van der Waals surface area contributed by atoms with Crippen LogP contribution < -0.4 is 0 Å². The summed E-state index contributed by atoms with van der Waals surface area (Å²) in [5.74, 6) is 0. The molecule has 5 aromatic carbocycles. The van der Waals surface area contributed by atoms with Crippen LogP contribution in [-0.4, -0.2) is 0 Å². The number of thiophene rings is 2. The molecule has 0 atom stereocenters. The van der Waals surface area contributed by atoms with Crippen LogP contribution in [0.25, 0.3) is 41.7 Å². The quantitative estimate of drug-likeness (QED) is 0.200. The first-order valence-corrected chi connectivity index (χ1v) is 14.3. The Labute approximate surface area is 219 Å². The first kappa shape index (κ1) is 21.8. The molecule has 0 N–H and O–H groups in total. The van der Waals surface area contributed by atoms with Crippen LogP contribution in [0.5, 0.6) is 0 Å². The minimum Gasteiger partial charge on any atom is -0.140 e. The van der Waals surface area contributed by atoms with Crippen LogP contribution in [0.1, 0.15) is 20.9 Å². The second-order valence-corrected chi connectivity index (χ2v) is 12.0. The highest BCUT2D eigenvalue weighted by Crippen LogP contribution is 2.38. The lowest BCUT2D eigenvalue weighted by Crippen LogP contribution is -1.87. The van der Waals surface area contributed by atoms with E-state index >= 15 is 0 Å². The van der Waals surface area contributed by atoms with E-state index in [0.717, 1.165) is 25.7 Å². The van der Waals surface area contributed by atoms with E-state index in [-0.39, 0.29) is 0 Å². The van der Waals surface area contributed by atoms with E-state index in [1.54, 1.807) is 0 Å². The van der Waals surface area contributed by atoms with Gasteiger partial charge in [-0.2, -0.15) is 0 Å². The van der Waals surface area contributed by atoms with Crippen LogP contribution in [0.4, 0.5) is 0 Å². The van der Waals surface area contributed by atoms with Gasteiger partial charge in [-0.05, 0) is 94.8 Å². The summed E-state index contributed by atoms with van der Waals surface area (Å²) in [7, 11) is 0. The van der Waals surface area contributed by atoms with E-state index in [4.69, 9.17) is 0 Å². The van der Waals surface area contributed by atoms with Crippen LogP contribution >= 0.6 is 22.7 Å². The normalized spacial score (nSPS) is 11.8. The molecule has 2 heteroatoms. The second kappa shape index (κ2) is 9.20. The van der Waals surface area contributed by atoms with Gasteiger partial charge in [-0.3, -0.25) is 0 Å². The molecular formula is C34H26S2. The van der Waals surface area contributed by atoms with Crippen molar-refractivity contribution in [1.29, 1.82) is 0 Å². The second-order valence-electron chi connectivity index (χ2n) is 9.65. The lowest BCUT2D eigenvalue weighted by Gasteiger charge is -2.05. The van der Waals surface area contributed by atoms with E-state index in [1.165, 1.54) is 62.6 Å². The van der Waals surface area contributed by atoms with Gasteiger partial charge in [0.1, 0.15) is 0 Å². The Balaban J connectivity index is 1.24. The standard InChI is InChI=1S/C34H26S2/c1-3-7-23(8-4-1)11-15-27-21-31-29-19-26-14-18-34-32(30(26)20-25(29)13-17-33(31)35-27)22-28(36-34)16-12-24-9-5-2-6-10-24/h1-10,13-14,17-22H,11-12,15-16H2. The first-order chi connectivity index (χ1) is 17.8. The van der Waals surface area contributed by atoms with Crippen LogP contribution in [0.15, 0.2) is 109 Å². The average molecular weight is 499 g/mol. The number of benzene rings is 5. The Bertz CT molecular complexity index is 1680. The molecule has 0 bridgehead atoms. The highest BCUT2D eigenvalue weighted by molar-refractivity contribution is 7.19. The van der Waals surface area contributed by atoms with Gasteiger partial charge >= 0.3 is 0 Å². The van der Waals surface area contributed by atoms with Gasteiger partial charge in [0.2, 0.25) is 0 Å². The smallest absolute Gasteiger partial charge is 0.0352 e. The van der Waals surface area contributed by atoms with Gasteiger partial charge in [0.15, 0.2) is 0 Å². The monoisotopic (exact) mass is 498 g/mol. The summed E-state index contributed by atoms with van der Waals surface area (Å²) in [4.78, 5) is 2.94. The molecule has 7 rings (SSSR count). The summed E-state index contributed by atoms with van der Waals surface area (Å²) < 4.78 is 2.79. The molecular weight excluding hydrogens is 473 g/mol. The van der Waals surface area contributed by atoms with Crippen molar-refractivity contribution >= 4 is 64.4 Å². The maximum atomic E-state index is 2.43. The van der Waals surface area contributed by atoms with Crippen LogP contribution in [0, 0.1) is 0 Å². The average Bonchev–Trinajstić information content (AvgIpc) is 3.55. The van der Waals surface area contributed by atoms with Crippen molar-refractivity contribution in [2.45, 2.75) is 25.7 Å². The summed E-state index contributed by atoms with van der Waals surface area (Å²) in [6.45, 7) is 0. The van der Waals surface area contributed by atoms with Crippen LogP contribution in [0.2, 0.25) is 0 Å². The number of hydrogen-bond acceptors (Lipinski definition) is 2. The van der Waals surface area contributed by atoms with Gasteiger partial charge in [0, 0.05) is 29.9 Å². The van der Waals surface area contributed by atoms with Crippen LogP contribution in [0.3, 0.4) is 0 Å². The summed E-state index contributed by atoms with van der Waals surface area (Å²) in [6.07, 6.45) is 4.38. The molecule has 0 nitrogen and oxygen atoms in total.